The molecule has 0 saturated carbocycles. The summed E-state index contributed by atoms with van der Waals surface area (Å²) in [4.78, 5) is 9.94. The molecule has 0 aromatic heterocycles. The van der Waals surface area contributed by atoms with E-state index < -0.39 is 5.62 Å². The second-order valence-electron chi connectivity index (χ2n) is 0.972. The molecule has 7 heavy (non-hydrogen) atoms. The van der Waals surface area contributed by atoms with Crippen LogP contribution in [0.2, 0.25) is 0 Å². The number of nitrogens with two attached hydrogens (primary N) is 1. The number of carbonyl (C=O) groups excluding carboxylic acids is 1. The third-order valence-corrected chi connectivity index (χ3v) is 3.76. The van der Waals surface area contributed by atoms with Crippen molar-refractivity contribution >= 4 is 34.1 Å². The molecule has 0 bridgehead atoms. The second kappa shape index (κ2) is 1.45. The van der Waals surface area contributed by atoms with Crippen LogP contribution in [0.3, 0.4) is 0 Å². The summed E-state index contributed by atoms with van der Waals surface area (Å²) < 4.78 is 4.35. The number of hydrogen-bond donors (Lipinski definition) is 1. The standard InChI is InChI=1S/CH2NO2PS2/c2-5(6)4-1(3)7-5/h(H2,2,6). The Balaban J connectivity index is 2.60. The molecule has 1 heterocycles. The first kappa shape index (κ1) is 5.56. The molecule has 1 aliphatic heterocycles. The highest BCUT2D eigenvalue weighted by molar-refractivity contribution is 8.77. The van der Waals surface area contributed by atoms with E-state index in [4.69, 9.17) is 5.50 Å². The first-order chi connectivity index (χ1) is 3.10. The Morgan fingerprint density at radius 3 is 2.43 bits per heavy atom. The fourth-order valence-electron chi connectivity index (χ4n) is 0.215. The van der Waals surface area contributed by atoms with Crippen molar-refractivity contribution in [2.24, 2.45) is 5.50 Å². The van der Waals surface area contributed by atoms with Crippen LogP contribution in [0.15, 0.2) is 0 Å². The number of hydrogen-bond acceptors (Lipinski definition) is 4. The lowest BCUT2D eigenvalue weighted by molar-refractivity contribution is 0.229. The summed E-state index contributed by atoms with van der Waals surface area (Å²) in [6.07, 6.45) is 0. The minimum Gasteiger partial charge on any atom is -0.405 e. The van der Waals surface area contributed by atoms with E-state index in [1.807, 2.05) is 0 Å². The highest BCUT2D eigenvalue weighted by atomic mass is 32.9. The van der Waals surface area contributed by atoms with E-state index >= 15 is 0 Å². The van der Waals surface area contributed by atoms with E-state index in [0.717, 1.165) is 11.4 Å². The zero-order valence-electron chi connectivity index (χ0n) is 3.16. The Bertz CT molecular complexity index is 144. The summed E-state index contributed by atoms with van der Waals surface area (Å²) in [7, 11) is 0. The largest absolute Gasteiger partial charge is 0.405 e. The predicted molar refractivity (Wildman–Crippen MR) is 32.5 cm³/mol. The van der Waals surface area contributed by atoms with Gasteiger partial charge in [0.05, 0.1) is 0 Å². The van der Waals surface area contributed by atoms with Crippen molar-refractivity contribution in [3.8, 4) is 0 Å². The Hall–Kier alpha value is 0.430. The fraction of sp³-hybridized carbons (Fsp3) is 0. The van der Waals surface area contributed by atoms with Gasteiger partial charge in [-0.1, -0.05) is 0 Å². The summed E-state index contributed by atoms with van der Waals surface area (Å²) in [5, 5.41) is -0.342. The molecule has 1 unspecified atom stereocenters. The average Bonchev–Trinajstić information content (AvgIpc) is 1.27. The maximum Gasteiger partial charge on any atom is 0.381 e. The van der Waals surface area contributed by atoms with E-state index in [1.54, 1.807) is 0 Å². The third kappa shape index (κ3) is 1.16. The van der Waals surface area contributed by atoms with E-state index in [1.165, 1.54) is 0 Å². The molecule has 0 radical (unpaired) electrons. The summed E-state index contributed by atoms with van der Waals surface area (Å²) in [6.45, 7) is 0. The van der Waals surface area contributed by atoms with Crippen LogP contribution in [0.5, 0.6) is 0 Å². The lowest BCUT2D eigenvalue weighted by atomic mass is 11.6. The maximum atomic E-state index is 9.94. The van der Waals surface area contributed by atoms with Crippen molar-refractivity contribution in [1.29, 1.82) is 0 Å². The van der Waals surface area contributed by atoms with E-state index in [2.05, 4.69) is 16.3 Å². The topological polar surface area (TPSA) is 52.3 Å². The molecule has 0 amide bonds. The second-order valence-corrected chi connectivity index (χ2v) is 7.25. The van der Waals surface area contributed by atoms with Crippen LogP contribution in [-0.2, 0) is 16.3 Å². The Morgan fingerprint density at radius 1 is 2.00 bits per heavy atom. The van der Waals surface area contributed by atoms with Crippen LogP contribution < -0.4 is 5.50 Å². The molecule has 0 aromatic carbocycles. The Labute approximate surface area is 49.5 Å². The zero-order chi connectivity index (χ0) is 5.49. The first-order valence-electron chi connectivity index (χ1n) is 1.42. The van der Waals surface area contributed by atoms with E-state index in [-0.39, 0.29) is 5.30 Å². The molecule has 1 atom stereocenters. The van der Waals surface area contributed by atoms with Gasteiger partial charge in [0.1, 0.15) is 0 Å². The monoisotopic (exact) mass is 155 g/mol. The highest BCUT2D eigenvalue weighted by Gasteiger charge is 2.33. The van der Waals surface area contributed by atoms with Gasteiger partial charge in [0, 0.05) is 11.4 Å². The fourth-order valence-corrected chi connectivity index (χ4v) is 2.62. The van der Waals surface area contributed by atoms with Crippen molar-refractivity contribution in [1.82, 2.24) is 0 Å². The van der Waals surface area contributed by atoms with Crippen LogP contribution in [-0.4, -0.2) is 5.30 Å². The molecule has 1 rings (SSSR count). The van der Waals surface area contributed by atoms with E-state index in [0.29, 0.717) is 0 Å². The van der Waals surface area contributed by atoms with Gasteiger partial charge in [-0.3, -0.25) is 5.50 Å². The third-order valence-electron chi connectivity index (χ3n) is 0.404. The molecular weight excluding hydrogens is 153 g/mol. The molecular formula is CH2NO2PS2. The van der Waals surface area contributed by atoms with Gasteiger partial charge in [-0.2, -0.15) is 0 Å². The van der Waals surface area contributed by atoms with Gasteiger partial charge >= 0.3 is 5.30 Å². The Kier molecular flexibility index (Phi) is 1.15. The van der Waals surface area contributed by atoms with Gasteiger partial charge in [0.15, 0.2) is 0 Å². The molecule has 0 aromatic rings. The van der Waals surface area contributed by atoms with Gasteiger partial charge in [-0.25, -0.2) is 4.79 Å². The van der Waals surface area contributed by atoms with Gasteiger partial charge < -0.3 is 4.52 Å². The van der Waals surface area contributed by atoms with Crippen LogP contribution in [0.25, 0.3) is 0 Å². The Morgan fingerprint density at radius 2 is 2.43 bits per heavy atom. The van der Waals surface area contributed by atoms with Crippen molar-refractivity contribution in [3.05, 3.63) is 0 Å². The highest BCUT2D eigenvalue weighted by Crippen LogP contribution is 2.63. The molecule has 1 aliphatic rings. The first-order valence-corrected chi connectivity index (χ1v) is 5.63. The lowest BCUT2D eigenvalue weighted by Gasteiger charge is -2.22. The molecule has 0 aliphatic carbocycles. The predicted octanol–water partition coefficient (Wildman–Crippen LogP) is 1.05. The summed E-state index contributed by atoms with van der Waals surface area (Å²) >= 11 is 5.49. The molecule has 6 heteroatoms. The molecule has 40 valence electrons. The maximum absolute atomic E-state index is 9.94. The van der Waals surface area contributed by atoms with Crippen molar-refractivity contribution < 1.29 is 9.32 Å². The molecule has 1 saturated heterocycles. The number of rotatable bonds is 0. The van der Waals surface area contributed by atoms with Crippen molar-refractivity contribution in [2.45, 2.75) is 0 Å². The quantitative estimate of drug-likeness (QED) is 0.530. The minimum absolute atomic E-state index is 0.342. The smallest absolute Gasteiger partial charge is 0.381 e. The van der Waals surface area contributed by atoms with Crippen LogP contribution in [0.1, 0.15) is 0 Å². The van der Waals surface area contributed by atoms with Crippen LogP contribution >= 0.6 is 17.0 Å². The SMILES string of the molecule is NP1(=S)OC(=O)S1. The van der Waals surface area contributed by atoms with Gasteiger partial charge in [0.25, 0.3) is 0 Å². The number of carbonyl (C=O) groups is 1. The van der Waals surface area contributed by atoms with E-state index in [9.17, 15) is 4.79 Å². The van der Waals surface area contributed by atoms with Crippen LogP contribution in [0, 0.1) is 0 Å². The minimum atomic E-state index is -2.12. The van der Waals surface area contributed by atoms with Crippen molar-refractivity contribution in [2.75, 3.05) is 0 Å². The average molecular weight is 155 g/mol. The molecule has 0 spiro atoms. The lowest BCUT2D eigenvalue weighted by Crippen LogP contribution is -2.10. The summed E-state index contributed by atoms with van der Waals surface area (Å²) in [5.74, 6) is 0. The summed E-state index contributed by atoms with van der Waals surface area (Å²) in [5.41, 5.74) is 3.04. The molecule has 1 fully saturated rings. The van der Waals surface area contributed by atoms with Gasteiger partial charge in [-0.05, 0) is 11.8 Å². The van der Waals surface area contributed by atoms with Crippen molar-refractivity contribution in [3.63, 3.8) is 0 Å². The zero-order valence-corrected chi connectivity index (χ0v) is 5.68. The normalized spacial score (nSPS) is 39.3. The van der Waals surface area contributed by atoms with Gasteiger partial charge in [-0.15, -0.1) is 0 Å². The molecule has 3 nitrogen and oxygen atoms in total. The van der Waals surface area contributed by atoms with Crippen LogP contribution in [0.4, 0.5) is 4.79 Å². The summed E-state index contributed by atoms with van der Waals surface area (Å²) in [6, 6.07) is 0. The van der Waals surface area contributed by atoms with Gasteiger partial charge in [0.2, 0.25) is 5.62 Å². The molecule has 2 N–H and O–H groups in total.